The number of rotatable bonds is 3. The van der Waals surface area contributed by atoms with Crippen LogP contribution in [0, 0.1) is 18.6 Å². The Morgan fingerprint density at radius 1 is 1.12 bits per heavy atom. The number of hydrogen-bond donors (Lipinski definition) is 1. The maximum Gasteiger partial charge on any atom is 0.276 e. The van der Waals surface area contributed by atoms with Crippen LogP contribution < -0.4 is 15.6 Å². The predicted molar refractivity (Wildman–Crippen MR) is 114 cm³/mol. The van der Waals surface area contributed by atoms with Crippen LogP contribution in [0.4, 0.5) is 14.5 Å². The molecule has 32 heavy (non-hydrogen) atoms. The first-order chi connectivity index (χ1) is 15.3. The topological polar surface area (TPSA) is 84.3 Å². The summed E-state index contributed by atoms with van der Waals surface area (Å²) in [5, 5.41) is 6.74. The molecule has 7 nitrogen and oxygen atoms in total. The molecule has 2 aromatic carbocycles. The molecule has 1 unspecified atom stereocenters. The Morgan fingerprint density at radius 3 is 2.56 bits per heavy atom. The average Bonchev–Trinajstić information content (AvgIpc) is 2.86. The van der Waals surface area contributed by atoms with Gasteiger partial charge in [0.15, 0.2) is 5.69 Å². The third-order valence-corrected chi connectivity index (χ3v) is 5.40. The summed E-state index contributed by atoms with van der Waals surface area (Å²) < 4.78 is 29.4. The molecule has 2 amide bonds. The second-order valence-electron chi connectivity index (χ2n) is 7.60. The molecule has 0 aliphatic carbocycles. The summed E-state index contributed by atoms with van der Waals surface area (Å²) in [5.41, 5.74) is 0.559. The smallest absolute Gasteiger partial charge is 0.276 e. The Balaban J connectivity index is 1.63. The number of likely N-dealkylation sites (N-methyl/N-ethyl adjacent to an activating group) is 1. The molecule has 1 N–H and O–H groups in total. The first-order valence-corrected chi connectivity index (χ1v) is 9.99. The number of fused-ring (bicyclic) bond motifs is 1. The minimum Gasteiger partial charge on any atom is -0.339 e. The maximum atomic E-state index is 14.3. The number of aryl methyl sites for hydroxylation is 2. The van der Waals surface area contributed by atoms with Gasteiger partial charge in [-0.25, -0.2) is 13.5 Å². The van der Waals surface area contributed by atoms with Gasteiger partial charge < -0.3 is 10.2 Å². The SMILES string of the molecule is Cc1cc(=O)c(C(=O)NC2CCc3cc(F)cc(F)c3N(C)C2=O)nn1-c1ccccc1. The summed E-state index contributed by atoms with van der Waals surface area (Å²) >= 11 is 0. The normalized spacial score (nSPS) is 15.8. The van der Waals surface area contributed by atoms with Crippen molar-refractivity contribution in [2.45, 2.75) is 25.8 Å². The van der Waals surface area contributed by atoms with E-state index in [1.165, 1.54) is 23.9 Å². The van der Waals surface area contributed by atoms with Crippen LogP contribution in [0.1, 0.15) is 28.2 Å². The number of amides is 2. The predicted octanol–water partition coefficient (Wildman–Crippen LogP) is 2.53. The minimum atomic E-state index is -1.03. The highest BCUT2D eigenvalue weighted by Gasteiger charge is 2.32. The fraction of sp³-hybridized carbons (Fsp3) is 0.217. The van der Waals surface area contributed by atoms with Crippen molar-refractivity contribution in [3.05, 3.63) is 87.3 Å². The second kappa shape index (κ2) is 8.33. The number of benzene rings is 2. The Morgan fingerprint density at radius 2 is 1.84 bits per heavy atom. The lowest BCUT2D eigenvalue weighted by molar-refractivity contribution is -0.120. The molecule has 0 saturated carbocycles. The van der Waals surface area contributed by atoms with Gasteiger partial charge in [-0.15, -0.1) is 0 Å². The molecule has 0 fully saturated rings. The number of anilines is 1. The second-order valence-corrected chi connectivity index (χ2v) is 7.60. The summed E-state index contributed by atoms with van der Waals surface area (Å²) in [5.74, 6) is -2.98. The van der Waals surface area contributed by atoms with Crippen molar-refractivity contribution in [1.82, 2.24) is 15.1 Å². The number of aromatic nitrogens is 2. The Bertz CT molecular complexity index is 1270. The standard InChI is InChI=1S/C23H20F2N4O3/c1-13-10-19(30)20(27-29(13)16-6-4-3-5-7-16)22(31)26-18-9-8-14-11-15(24)12-17(25)21(14)28(2)23(18)32/h3-7,10-12,18H,8-9H2,1-2H3,(H,26,31). The number of nitrogens with zero attached hydrogens (tertiary/aromatic N) is 3. The molecule has 1 atom stereocenters. The molecule has 1 aromatic heterocycles. The van der Waals surface area contributed by atoms with Gasteiger partial charge in [-0.05, 0) is 43.5 Å². The van der Waals surface area contributed by atoms with E-state index in [2.05, 4.69) is 10.4 Å². The number of carbonyl (C=O) groups excluding carboxylic acids is 2. The molecule has 1 aliphatic rings. The zero-order chi connectivity index (χ0) is 23.0. The monoisotopic (exact) mass is 438 g/mol. The molecule has 0 saturated heterocycles. The summed E-state index contributed by atoms with van der Waals surface area (Å²) in [4.78, 5) is 39.3. The number of nitrogens with one attached hydrogen (secondary N) is 1. The van der Waals surface area contributed by atoms with Crippen molar-refractivity contribution in [1.29, 1.82) is 0 Å². The fourth-order valence-electron chi connectivity index (χ4n) is 3.85. The molecular weight excluding hydrogens is 418 g/mol. The zero-order valence-corrected chi connectivity index (χ0v) is 17.4. The van der Waals surface area contributed by atoms with Crippen LogP contribution >= 0.6 is 0 Å². The summed E-state index contributed by atoms with van der Waals surface area (Å²) in [7, 11) is 1.36. The average molecular weight is 438 g/mol. The van der Waals surface area contributed by atoms with Gasteiger partial charge >= 0.3 is 0 Å². The number of carbonyl (C=O) groups is 2. The molecule has 2 heterocycles. The van der Waals surface area contributed by atoms with Crippen molar-refractivity contribution in [2.75, 3.05) is 11.9 Å². The van der Waals surface area contributed by atoms with Crippen molar-refractivity contribution < 1.29 is 18.4 Å². The van der Waals surface area contributed by atoms with Crippen molar-refractivity contribution in [3.8, 4) is 5.69 Å². The summed E-state index contributed by atoms with van der Waals surface area (Å²) in [6, 6.07) is 11.1. The van der Waals surface area contributed by atoms with Crippen LogP contribution in [-0.4, -0.2) is 34.7 Å². The van der Waals surface area contributed by atoms with E-state index < -0.39 is 34.9 Å². The molecule has 0 bridgehead atoms. The van der Waals surface area contributed by atoms with Gasteiger partial charge in [0.1, 0.15) is 17.7 Å². The highest BCUT2D eigenvalue weighted by molar-refractivity contribution is 6.02. The lowest BCUT2D eigenvalue weighted by atomic mass is 10.1. The van der Waals surface area contributed by atoms with Gasteiger partial charge in [-0.2, -0.15) is 5.10 Å². The lowest BCUT2D eigenvalue weighted by Crippen LogP contribution is -2.48. The Kier molecular flexibility index (Phi) is 5.56. The molecule has 9 heteroatoms. The molecule has 164 valence electrons. The van der Waals surface area contributed by atoms with E-state index in [-0.39, 0.29) is 24.2 Å². The van der Waals surface area contributed by atoms with E-state index in [1.807, 2.05) is 6.07 Å². The van der Waals surface area contributed by atoms with E-state index in [1.54, 1.807) is 31.2 Å². The van der Waals surface area contributed by atoms with E-state index in [0.717, 1.165) is 4.90 Å². The molecule has 1 aliphatic heterocycles. The van der Waals surface area contributed by atoms with Crippen LogP contribution in [0.15, 0.2) is 53.3 Å². The van der Waals surface area contributed by atoms with Crippen molar-refractivity contribution in [3.63, 3.8) is 0 Å². The molecule has 0 spiro atoms. The van der Waals surface area contributed by atoms with Crippen molar-refractivity contribution in [2.24, 2.45) is 0 Å². The van der Waals surface area contributed by atoms with E-state index in [9.17, 15) is 23.2 Å². The van der Waals surface area contributed by atoms with Crippen LogP contribution in [-0.2, 0) is 11.2 Å². The number of para-hydroxylation sites is 1. The van der Waals surface area contributed by atoms with Crippen molar-refractivity contribution >= 4 is 17.5 Å². The summed E-state index contributed by atoms with van der Waals surface area (Å²) in [6.45, 7) is 1.69. The minimum absolute atomic E-state index is 0.0203. The lowest BCUT2D eigenvalue weighted by Gasteiger charge is -2.22. The van der Waals surface area contributed by atoms with Gasteiger partial charge in [-0.3, -0.25) is 14.4 Å². The van der Waals surface area contributed by atoms with E-state index in [4.69, 9.17) is 0 Å². The van der Waals surface area contributed by atoms with Gasteiger partial charge in [0.2, 0.25) is 11.3 Å². The molecular formula is C23H20F2N4O3. The van der Waals surface area contributed by atoms with Gasteiger partial charge in [0.05, 0.1) is 11.4 Å². The van der Waals surface area contributed by atoms with Crippen LogP contribution in [0.2, 0.25) is 0 Å². The van der Waals surface area contributed by atoms with Gasteiger partial charge in [-0.1, -0.05) is 18.2 Å². The first kappa shape index (κ1) is 21.4. The molecule has 3 aromatic rings. The Hall–Kier alpha value is -3.88. The third-order valence-electron chi connectivity index (χ3n) is 5.40. The van der Waals surface area contributed by atoms with E-state index in [0.29, 0.717) is 23.0 Å². The number of hydrogen-bond acceptors (Lipinski definition) is 4. The fourth-order valence-corrected chi connectivity index (χ4v) is 3.85. The maximum absolute atomic E-state index is 14.3. The Labute approximate surface area is 182 Å². The van der Waals surface area contributed by atoms with Crippen LogP contribution in [0.3, 0.4) is 0 Å². The highest BCUT2D eigenvalue weighted by Crippen LogP contribution is 2.30. The number of halogens is 2. The molecule has 0 radical (unpaired) electrons. The van der Waals surface area contributed by atoms with Gasteiger partial charge in [0.25, 0.3) is 5.91 Å². The van der Waals surface area contributed by atoms with Crippen LogP contribution in [0.5, 0.6) is 0 Å². The highest BCUT2D eigenvalue weighted by atomic mass is 19.1. The zero-order valence-electron chi connectivity index (χ0n) is 17.4. The quantitative estimate of drug-likeness (QED) is 0.681. The first-order valence-electron chi connectivity index (χ1n) is 9.99. The third kappa shape index (κ3) is 3.89. The van der Waals surface area contributed by atoms with E-state index >= 15 is 0 Å². The summed E-state index contributed by atoms with van der Waals surface area (Å²) in [6.07, 6.45) is 0.282. The van der Waals surface area contributed by atoms with Crippen LogP contribution in [0.25, 0.3) is 5.69 Å². The largest absolute Gasteiger partial charge is 0.339 e. The van der Waals surface area contributed by atoms with Gasteiger partial charge in [0, 0.05) is 24.9 Å². The molecule has 4 rings (SSSR count).